The molecule has 0 aliphatic carbocycles. The summed E-state index contributed by atoms with van der Waals surface area (Å²) in [4.78, 5) is 17.7. The van der Waals surface area contributed by atoms with E-state index in [0.29, 0.717) is 40.3 Å². The van der Waals surface area contributed by atoms with E-state index in [1.165, 1.54) is 23.1 Å². The number of thioether (sulfide) groups is 1. The maximum atomic E-state index is 12.2. The number of benzene rings is 2. The zero-order valence-electron chi connectivity index (χ0n) is 15.2. The fraction of sp³-hybridized carbons (Fsp3) is 0.143. The first-order chi connectivity index (χ1) is 13.7. The van der Waals surface area contributed by atoms with Gasteiger partial charge in [0.15, 0.2) is 22.2 Å². The van der Waals surface area contributed by atoms with Gasteiger partial charge in [-0.1, -0.05) is 30.3 Å². The SMILES string of the molecule is CCOc1cccc2cc(-c3csc(NC(=O)CSc4ccccc4)n3)oc12. The van der Waals surface area contributed by atoms with Gasteiger partial charge in [0, 0.05) is 15.7 Å². The highest BCUT2D eigenvalue weighted by atomic mass is 32.2. The van der Waals surface area contributed by atoms with Crippen molar-refractivity contribution in [3.05, 3.63) is 60.0 Å². The Morgan fingerprint density at radius 3 is 2.89 bits per heavy atom. The molecule has 7 heteroatoms. The lowest BCUT2D eigenvalue weighted by molar-refractivity contribution is -0.113. The molecule has 0 saturated heterocycles. The highest BCUT2D eigenvalue weighted by Gasteiger charge is 2.14. The summed E-state index contributed by atoms with van der Waals surface area (Å²) in [7, 11) is 0. The molecule has 0 bridgehead atoms. The molecule has 4 rings (SSSR count). The van der Waals surface area contributed by atoms with Gasteiger partial charge in [-0.25, -0.2) is 4.98 Å². The number of amides is 1. The quantitative estimate of drug-likeness (QED) is 0.397. The van der Waals surface area contributed by atoms with Crippen LogP contribution in [0.25, 0.3) is 22.4 Å². The van der Waals surface area contributed by atoms with E-state index in [9.17, 15) is 4.79 Å². The molecule has 0 spiro atoms. The maximum Gasteiger partial charge on any atom is 0.236 e. The summed E-state index contributed by atoms with van der Waals surface area (Å²) in [5.41, 5.74) is 1.40. The van der Waals surface area contributed by atoms with Crippen LogP contribution in [0.3, 0.4) is 0 Å². The molecule has 1 amide bonds. The van der Waals surface area contributed by atoms with Crippen molar-refractivity contribution in [3.63, 3.8) is 0 Å². The van der Waals surface area contributed by atoms with Crippen LogP contribution in [0.4, 0.5) is 5.13 Å². The van der Waals surface area contributed by atoms with Gasteiger partial charge in [0.2, 0.25) is 5.91 Å². The molecule has 5 nitrogen and oxygen atoms in total. The second-order valence-corrected chi connectivity index (χ2v) is 7.81. The van der Waals surface area contributed by atoms with Gasteiger partial charge in [-0.3, -0.25) is 4.79 Å². The first-order valence-corrected chi connectivity index (χ1v) is 10.7. The van der Waals surface area contributed by atoms with Gasteiger partial charge in [0.1, 0.15) is 5.69 Å². The number of fused-ring (bicyclic) bond motifs is 1. The lowest BCUT2D eigenvalue weighted by Crippen LogP contribution is -2.13. The number of rotatable bonds is 7. The molecule has 0 atom stereocenters. The van der Waals surface area contributed by atoms with Crippen LogP contribution >= 0.6 is 23.1 Å². The Balaban J connectivity index is 1.45. The topological polar surface area (TPSA) is 64.4 Å². The summed E-state index contributed by atoms with van der Waals surface area (Å²) in [6.07, 6.45) is 0. The van der Waals surface area contributed by atoms with E-state index in [4.69, 9.17) is 9.15 Å². The Morgan fingerprint density at radius 1 is 1.21 bits per heavy atom. The molecule has 1 N–H and O–H groups in total. The van der Waals surface area contributed by atoms with Crippen molar-refractivity contribution in [2.75, 3.05) is 17.7 Å². The van der Waals surface area contributed by atoms with E-state index in [1.807, 2.05) is 66.9 Å². The molecule has 142 valence electrons. The van der Waals surface area contributed by atoms with Crippen molar-refractivity contribution in [3.8, 4) is 17.2 Å². The van der Waals surface area contributed by atoms with Crippen molar-refractivity contribution in [2.24, 2.45) is 0 Å². The van der Waals surface area contributed by atoms with Crippen molar-refractivity contribution >= 4 is 45.1 Å². The number of nitrogens with one attached hydrogen (secondary N) is 1. The Kier molecular flexibility index (Phi) is 5.64. The predicted molar refractivity (Wildman–Crippen MR) is 114 cm³/mol. The lowest BCUT2D eigenvalue weighted by Gasteiger charge is -2.02. The third kappa shape index (κ3) is 4.21. The number of nitrogens with zero attached hydrogens (tertiary/aromatic N) is 1. The predicted octanol–water partition coefficient (Wildman–Crippen LogP) is 5.69. The van der Waals surface area contributed by atoms with E-state index >= 15 is 0 Å². The van der Waals surface area contributed by atoms with Crippen LogP contribution in [0.1, 0.15) is 6.92 Å². The van der Waals surface area contributed by atoms with Crippen LogP contribution in [0.15, 0.2) is 69.3 Å². The summed E-state index contributed by atoms with van der Waals surface area (Å²) in [6.45, 7) is 2.51. The first-order valence-electron chi connectivity index (χ1n) is 8.82. The minimum atomic E-state index is -0.0852. The summed E-state index contributed by atoms with van der Waals surface area (Å²) in [5, 5.41) is 6.23. The number of carbonyl (C=O) groups is 1. The number of anilines is 1. The minimum absolute atomic E-state index is 0.0852. The molecular weight excluding hydrogens is 392 g/mol. The zero-order chi connectivity index (χ0) is 19.3. The molecule has 0 aliphatic rings. The molecular formula is C21H18N2O3S2. The fourth-order valence-electron chi connectivity index (χ4n) is 2.70. The summed E-state index contributed by atoms with van der Waals surface area (Å²) in [5.74, 6) is 1.62. The second kappa shape index (κ2) is 8.50. The summed E-state index contributed by atoms with van der Waals surface area (Å²) >= 11 is 2.87. The van der Waals surface area contributed by atoms with Crippen molar-refractivity contribution in [2.45, 2.75) is 11.8 Å². The zero-order valence-corrected chi connectivity index (χ0v) is 16.8. The first kappa shape index (κ1) is 18.6. The van der Waals surface area contributed by atoms with Crippen LogP contribution in [-0.2, 0) is 4.79 Å². The molecule has 0 fully saturated rings. The van der Waals surface area contributed by atoms with Crippen LogP contribution in [-0.4, -0.2) is 23.3 Å². The molecule has 0 saturated carbocycles. The lowest BCUT2D eigenvalue weighted by atomic mass is 10.2. The molecule has 0 aliphatic heterocycles. The number of hydrogen-bond donors (Lipinski definition) is 1. The van der Waals surface area contributed by atoms with E-state index in [-0.39, 0.29) is 5.91 Å². The largest absolute Gasteiger partial charge is 0.490 e. The number of ether oxygens (including phenoxy) is 1. The van der Waals surface area contributed by atoms with Gasteiger partial charge >= 0.3 is 0 Å². The fourth-order valence-corrected chi connectivity index (χ4v) is 4.13. The molecule has 0 radical (unpaired) electrons. The van der Waals surface area contributed by atoms with Crippen LogP contribution in [0.5, 0.6) is 5.75 Å². The average molecular weight is 411 g/mol. The van der Waals surface area contributed by atoms with Gasteiger partial charge in [-0.15, -0.1) is 23.1 Å². The van der Waals surface area contributed by atoms with E-state index in [1.54, 1.807) is 0 Å². The second-order valence-electron chi connectivity index (χ2n) is 5.91. The third-order valence-corrected chi connectivity index (χ3v) is 5.69. The van der Waals surface area contributed by atoms with E-state index < -0.39 is 0 Å². The number of thiazole rings is 1. The minimum Gasteiger partial charge on any atom is -0.490 e. The van der Waals surface area contributed by atoms with Crippen molar-refractivity contribution in [1.29, 1.82) is 0 Å². The smallest absolute Gasteiger partial charge is 0.236 e. The Morgan fingerprint density at radius 2 is 2.07 bits per heavy atom. The normalized spacial score (nSPS) is 10.9. The standard InChI is InChI=1S/C21H18N2O3S2/c1-2-25-17-10-6-7-14-11-18(26-20(14)17)16-12-28-21(22-16)23-19(24)13-27-15-8-4-3-5-9-15/h3-12H,2,13H2,1H3,(H,22,23,24). The van der Waals surface area contributed by atoms with Crippen LogP contribution in [0, 0.1) is 0 Å². The van der Waals surface area contributed by atoms with Gasteiger partial charge < -0.3 is 14.5 Å². The maximum absolute atomic E-state index is 12.2. The molecule has 2 aromatic heterocycles. The molecule has 2 aromatic carbocycles. The molecule has 4 aromatic rings. The van der Waals surface area contributed by atoms with Gasteiger partial charge in [-0.2, -0.15) is 0 Å². The number of furan rings is 1. The summed E-state index contributed by atoms with van der Waals surface area (Å²) < 4.78 is 11.6. The third-order valence-electron chi connectivity index (χ3n) is 3.92. The number of hydrogen-bond acceptors (Lipinski definition) is 6. The van der Waals surface area contributed by atoms with E-state index in [2.05, 4.69) is 10.3 Å². The summed E-state index contributed by atoms with van der Waals surface area (Å²) in [6, 6.07) is 17.6. The highest BCUT2D eigenvalue weighted by Crippen LogP contribution is 2.34. The van der Waals surface area contributed by atoms with Crippen molar-refractivity contribution in [1.82, 2.24) is 4.98 Å². The molecule has 2 heterocycles. The van der Waals surface area contributed by atoms with Crippen LogP contribution < -0.4 is 10.1 Å². The van der Waals surface area contributed by atoms with Gasteiger partial charge in [0.25, 0.3) is 0 Å². The van der Waals surface area contributed by atoms with E-state index in [0.717, 1.165) is 10.3 Å². The molecule has 28 heavy (non-hydrogen) atoms. The number of aromatic nitrogens is 1. The monoisotopic (exact) mass is 410 g/mol. The Hall–Kier alpha value is -2.77. The van der Waals surface area contributed by atoms with Gasteiger partial charge in [0.05, 0.1) is 12.4 Å². The number of carbonyl (C=O) groups excluding carboxylic acids is 1. The van der Waals surface area contributed by atoms with Crippen LogP contribution in [0.2, 0.25) is 0 Å². The highest BCUT2D eigenvalue weighted by molar-refractivity contribution is 8.00. The van der Waals surface area contributed by atoms with Crippen molar-refractivity contribution < 1.29 is 13.9 Å². The Labute approximate surface area is 170 Å². The van der Waals surface area contributed by atoms with Gasteiger partial charge in [-0.05, 0) is 31.2 Å². The average Bonchev–Trinajstić information content (AvgIpc) is 3.35. The number of para-hydroxylation sites is 1. The molecule has 0 unspecified atom stereocenters. The Bertz CT molecular complexity index is 1090.